The van der Waals surface area contributed by atoms with Crippen LogP contribution in [0.2, 0.25) is 5.02 Å². The van der Waals surface area contributed by atoms with Gasteiger partial charge in [0.25, 0.3) is 5.91 Å². The molecule has 0 bridgehead atoms. The summed E-state index contributed by atoms with van der Waals surface area (Å²) in [4.78, 5) is 35.8. The van der Waals surface area contributed by atoms with Gasteiger partial charge in [-0.3, -0.25) is 14.5 Å². The number of urea groups is 1. The number of rotatable bonds is 7. The van der Waals surface area contributed by atoms with Crippen LogP contribution in [0.1, 0.15) is 29.6 Å². The highest BCUT2D eigenvalue weighted by molar-refractivity contribution is 6.34. The summed E-state index contributed by atoms with van der Waals surface area (Å²) in [5, 5.41) is 14.3. The van der Waals surface area contributed by atoms with Gasteiger partial charge in [-0.1, -0.05) is 11.6 Å². The molecule has 0 radical (unpaired) electrons. The first-order valence-electron chi connectivity index (χ1n) is 7.34. The lowest BCUT2D eigenvalue weighted by atomic mass is 10.1. The summed E-state index contributed by atoms with van der Waals surface area (Å²) >= 11 is 6.06. The molecule has 1 heterocycles. The molecule has 1 aromatic rings. The molecule has 3 N–H and O–H groups in total. The molecule has 1 aliphatic rings. The molecule has 1 aliphatic heterocycles. The number of anilines is 1. The fraction of sp³-hybridized carbons (Fsp3) is 0.400. The summed E-state index contributed by atoms with van der Waals surface area (Å²) in [5.74, 6) is -1.19. The number of benzene rings is 1. The van der Waals surface area contributed by atoms with Gasteiger partial charge in [0.1, 0.15) is 0 Å². The van der Waals surface area contributed by atoms with E-state index in [-0.39, 0.29) is 18.4 Å². The normalized spacial score (nSPS) is 13.8. The smallest absolute Gasteiger partial charge is 0.321 e. The van der Waals surface area contributed by atoms with Gasteiger partial charge in [-0.05, 0) is 31.0 Å². The highest BCUT2D eigenvalue weighted by Gasteiger charge is 2.22. The number of amides is 3. The molecular weight excluding hydrogens is 322 g/mol. The Morgan fingerprint density at radius 3 is 2.78 bits per heavy atom. The van der Waals surface area contributed by atoms with Crippen molar-refractivity contribution in [2.24, 2.45) is 0 Å². The Labute approximate surface area is 138 Å². The quantitative estimate of drug-likeness (QED) is 0.660. The Bertz CT molecular complexity index is 621. The molecule has 0 aliphatic carbocycles. The first kappa shape index (κ1) is 17.1. The van der Waals surface area contributed by atoms with Crippen LogP contribution in [0.4, 0.5) is 10.5 Å². The maximum Gasteiger partial charge on any atom is 0.321 e. The van der Waals surface area contributed by atoms with Crippen molar-refractivity contribution in [2.75, 3.05) is 24.5 Å². The zero-order valence-corrected chi connectivity index (χ0v) is 13.2. The van der Waals surface area contributed by atoms with Gasteiger partial charge in [-0.2, -0.15) is 0 Å². The number of carboxylic acids is 1. The molecule has 0 aromatic heterocycles. The summed E-state index contributed by atoms with van der Waals surface area (Å²) in [6.45, 7) is 1.47. The summed E-state index contributed by atoms with van der Waals surface area (Å²) in [5.41, 5.74) is 0.905. The third kappa shape index (κ3) is 4.59. The Hall–Kier alpha value is -2.28. The molecule has 0 spiro atoms. The van der Waals surface area contributed by atoms with Crippen LogP contribution in [0.3, 0.4) is 0 Å². The highest BCUT2D eigenvalue weighted by Crippen LogP contribution is 2.24. The topological polar surface area (TPSA) is 98.7 Å². The number of carbonyl (C=O) groups excluding carboxylic acids is 2. The minimum absolute atomic E-state index is 0.0795. The molecule has 3 amide bonds. The second-order valence-electron chi connectivity index (χ2n) is 5.15. The number of carbonyl (C=O) groups is 3. The van der Waals surface area contributed by atoms with Gasteiger partial charge >= 0.3 is 12.0 Å². The molecule has 0 unspecified atom stereocenters. The third-order valence-corrected chi connectivity index (χ3v) is 3.80. The van der Waals surface area contributed by atoms with E-state index in [1.165, 1.54) is 0 Å². The van der Waals surface area contributed by atoms with E-state index in [1.807, 2.05) is 0 Å². The number of hydrogen-bond acceptors (Lipinski definition) is 3. The lowest BCUT2D eigenvalue weighted by Crippen LogP contribution is -2.29. The van der Waals surface area contributed by atoms with Crippen LogP contribution >= 0.6 is 11.6 Å². The predicted molar refractivity (Wildman–Crippen MR) is 86.0 cm³/mol. The molecule has 2 rings (SSSR count). The van der Waals surface area contributed by atoms with Gasteiger partial charge in [0.05, 0.1) is 10.6 Å². The summed E-state index contributed by atoms with van der Waals surface area (Å²) in [7, 11) is 0. The first-order valence-corrected chi connectivity index (χ1v) is 7.72. The van der Waals surface area contributed by atoms with E-state index in [2.05, 4.69) is 10.6 Å². The Morgan fingerprint density at radius 2 is 2.13 bits per heavy atom. The van der Waals surface area contributed by atoms with E-state index in [1.54, 1.807) is 23.1 Å². The van der Waals surface area contributed by atoms with Crippen LogP contribution in [0.15, 0.2) is 18.2 Å². The van der Waals surface area contributed by atoms with Gasteiger partial charge in [-0.15, -0.1) is 0 Å². The van der Waals surface area contributed by atoms with Crippen LogP contribution in [-0.2, 0) is 4.79 Å². The molecule has 7 nitrogen and oxygen atoms in total. The number of nitrogens with one attached hydrogen (secondary N) is 2. The molecule has 1 fully saturated rings. The monoisotopic (exact) mass is 339 g/mol. The van der Waals surface area contributed by atoms with E-state index < -0.39 is 5.97 Å². The molecule has 124 valence electrons. The van der Waals surface area contributed by atoms with Gasteiger partial charge < -0.3 is 15.7 Å². The van der Waals surface area contributed by atoms with E-state index in [0.717, 1.165) is 0 Å². The minimum Gasteiger partial charge on any atom is -0.481 e. The Kier molecular flexibility index (Phi) is 5.81. The standard InChI is InChI=1S/C15H18ClN3O4/c16-12-5-4-10(19-8-7-18-15(19)23)9-11(12)14(22)17-6-2-1-3-13(20)21/h4-5,9H,1-3,6-8H2,(H,17,22)(H,18,23)(H,20,21). The molecular formula is C15H18ClN3O4. The second kappa shape index (κ2) is 7.82. The Morgan fingerprint density at radius 1 is 1.35 bits per heavy atom. The van der Waals surface area contributed by atoms with Crippen LogP contribution in [0.5, 0.6) is 0 Å². The average molecular weight is 340 g/mol. The maximum absolute atomic E-state index is 12.2. The van der Waals surface area contributed by atoms with Crippen LogP contribution in [0.25, 0.3) is 0 Å². The minimum atomic E-state index is -0.851. The molecule has 8 heteroatoms. The van der Waals surface area contributed by atoms with Crippen molar-refractivity contribution in [1.82, 2.24) is 10.6 Å². The van der Waals surface area contributed by atoms with Gasteiger partial charge in [0.15, 0.2) is 0 Å². The van der Waals surface area contributed by atoms with Gasteiger partial charge in [0, 0.05) is 31.7 Å². The van der Waals surface area contributed by atoms with E-state index in [9.17, 15) is 14.4 Å². The molecule has 0 saturated carbocycles. The summed E-state index contributed by atoms with van der Waals surface area (Å²) < 4.78 is 0. The number of nitrogens with zero attached hydrogens (tertiary/aromatic N) is 1. The van der Waals surface area contributed by atoms with Crippen molar-refractivity contribution in [1.29, 1.82) is 0 Å². The largest absolute Gasteiger partial charge is 0.481 e. The highest BCUT2D eigenvalue weighted by atomic mass is 35.5. The SMILES string of the molecule is O=C(O)CCCCNC(=O)c1cc(N2CCNC2=O)ccc1Cl. The van der Waals surface area contributed by atoms with E-state index in [0.29, 0.717) is 48.7 Å². The third-order valence-electron chi connectivity index (χ3n) is 3.47. The number of halogens is 1. The maximum atomic E-state index is 12.2. The molecule has 0 atom stereocenters. The van der Waals surface area contributed by atoms with Crippen molar-refractivity contribution in [3.63, 3.8) is 0 Å². The summed E-state index contributed by atoms with van der Waals surface area (Å²) in [6, 6.07) is 4.66. The lowest BCUT2D eigenvalue weighted by Gasteiger charge is -2.16. The molecule has 1 aromatic carbocycles. The van der Waals surface area contributed by atoms with Crippen molar-refractivity contribution in [3.8, 4) is 0 Å². The number of aliphatic carboxylic acids is 1. The van der Waals surface area contributed by atoms with Crippen molar-refractivity contribution < 1.29 is 19.5 Å². The molecule has 23 heavy (non-hydrogen) atoms. The van der Waals surface area contributed by atoms with E-state index >= 15 is 0 Å². The second-order valence-corrected chi connectivity index (χ2v) is 5.56. The number of carboxylic acid groups (broad SMARTS) is 1. The lowest BCUT2D eigenvalue weighted by molar-refractivity contribution is -0.137. The zero-order valence-electron chi connectivity index (χ0n) is 12.5. The first-order chi connectivity index (χ1) is 11.0. The fourth-order valence-corrected chi connectivity index (χ4v) is 2.47. The summed E-state index contributed by atoms with van der Waals surface area (Å²) in [6.07, 6.45) is 1.15. The molecule has 1 saturated heterocycles. The number of unbranched alkanes of at least 4 members (excludes halogenated alkanes) is 1. The Balaban J connectivity index is 1.96. The van der Waals surface area contributed by atoms with Crippen molar-refractivity contribution in [2.45, 2.75) is 19.3 Å². The number of hydrogen-bond donors (Lipinski definition) is 3. The van der Waals surface area contributed by atoms with Crippen molar-refractivity contribution in [3.05, 3.63) is 28.8 Å². The zero-order chi connectivity index (χ0) is 16.8. The van der Waals surface area contributed by atoms with Gasteiger partial charge in [-0.25, -0.2) is 4.79 Å². The average Bonchev–Trinajstić information content (AvgIpc) is 2.93. The fourth-order valence-electron chi connectivity index (χ4n) is 2.27. The van der Waals surface area contributed by atoms with Crippen molar-refractivity contribution >= 4 is 35.2 Å². The van der Waals surface area contributed by atoms with Gasteiger partial charge in [0.2, 0.25) is 0 Å². The van der Waals surface area contributed by atoms with E-state index in [4.69, 9.17) is 16.7 Å². The van der Waals surface area contributed by atoms with Crippen LogP contribution in [-0.4, -0.2) is 42.6 Å². The van der Waals surface area contributed by atoms with Crippen LogP contribution < -0.4 is 15.5 Å². The predicted octanol–water partition coefficient (Wildman–Crippen LogP) is 1.85. The van der Waals surface area contributed by atoms with Crippen LogP contribution in [0, 0.1) is 0 Å².